The van der Waals surface area contributed by atoms with Crippen molar-refractivity contribution in [2.75, 3.05) is 73.1 Å². The number of ether oxygens (including phenoxy) is 6. The van der Waals surface area contributed by atoms with Crippen LogP contribution in [-0.2, 0) is 42.9 Å². The molecule has 1 unspecified atom stereocenters. The molecule has 1 atom stereocenters. The van der Waals surface area contributed by atoms with Gasteiger partial charge in [0.25, 0.3) is 17.7 Å². The van der Waals surface area contributed by atoms with Crippen LogP contribution >= 0.6 is 0 Å². The summed E-state index contributed by atoms with van der Waals surface area (Å²) in [5.74, 6) is -2.73. The molecule has 15 heteroatoms. The fourth-order valence-electron chi connectivity index (χ4n) is 4.21. The van der Waals surface area contributed by atoms with Gasteiger partial charge in [-0.3, -0.25) is 28.9 Å². The van der Waals surface area contributed by atoms with E-state index in [0.717, 1.165) is 4.90 Å². The average molecular weight is 652 g/mol. The van der Waals surface area contributed by atoms with Crippen molar-refractivity contribution in [3.8, 4) is 5.75 Å². The molecule has 0 fully saturated rings. The fourth-order valence-corrected chi connectivity index (χ4v) is 4.21. The zero-order valence-electron chi connectivity index (χ0n) is 26.9. The highest BCUT2D eigenvalue weighted by Gasteiger charge is 2.44. The van der Waals surface area contributed by atoms with Gasteiger partial charge in [0, 0.05) is 20.0 Å². The summed E-state index contributed by atoms with van der Waals surface area (Å²) in [7, 11) is 1.37. The first-order valence-corrected chi connectivity index (χ1v) is 15.1. The van der Waals surface area contributed by atoms with E-state index in [1.165, 1.54) is 25.2 Å². The number of nitrogens with zero attached hydrogens (tertiary/aromatic N) is 1. The number of nitrogens with one attached hydrogen (secondary N) is 2. The molecule has 0 saturated carbocycles. The van der Waals surface area contributed by atoms with E-state index >= 15 is 0 Å². The maximum absolute atomic E-state index is 13.2. The summed E-state index contributed by atoms with van der Waals surface area (Å²) >= 11 is 0. The monoisotopic (exact) mass is 651 g/mol. The third-order valence-corrected chi connectivity index (χ3v) is 6.24. The minimum absolute atomic E-state index is 0.0151. The van der Waals surface area contributed by atoms with E-state index in [1.807, 2.05) is 20.8 Å². The van der Waals surface area contributed by atoms with Crippen molar-refractivity contribution in [2.45, 2.75) is 51.7 Å². The number of hydrogen-bond acceptors (Lipinski definition) is 12. The molecule has 1 aromatic carbocycles. The molecule has 1 aromatic rings. The summed E-state index contributed by atoms with van der Waals surface area (Å²) in [6.45, 7) is 7.85. The third kappa shape index (κ3) is 13.2. The molecule has 0 saturated heterocycles. The Balaban J connectivity index is 1.57. The van der Waals surface area contributed by atoms with Crippen LogP contribution in [0.15, 0.2) is 18.2 Å². The van der Waals surface area contributed by atoms with Gasteiger partial charge in [0.15, 0.2) is 6.61 Å². The maximum atomic E-state index is 13.2. The molecule has 0 radical (unpaired) electrons. The topological polar surface area (TPSA) is 185 Å². The third-order valence-electron chi connectivity index (χ3n) is 6.24. The maximum Gasteiger partial charge on any atom is 0.308 e. The molecule has 1 aliphatic heterocycles. The van der Waals surface area contributed by atoms with Gasteiger partial charge in [-0.1, -0.05) is 6.07 Å². The molecular weight excluding hydrogens is 606 g/mol. The standard InChI is InChI=1S/C31H45N3O12/c1-31(2,3)46-26(37)10-13-41-15-17-43-19-20-44-18-16-42-14-11-33-25(36)21-45-24-9-5-7-22-27(24)30(40)34(29(22)39)23(8-6-12-35)28(38)32-4/h5,7,9,12,23H,6,8,10-11,13-21H2,1-4H3,(H,32,38)(H,33,36). The summed E-state index contributed by atoms with van der Waals surface area (Å²) in [5.41, 5.74) is -0.507. The van der Waals surface area contributed by atoms with E-state index in [-0.39, 0.29) is 61.9 Å². The van der Waals surface area contributed by atoms with Crippen LogP contribution in [0.1, 0.15) is 60.7 Å². The molecule has 0 spiro atoms. The van der Waals surface area contributed by atoms with Gasteiger partial charge < -0.3 is 43.8 Å². The summed E-state index contributed by atoms with van der Waals surface area (Å²) in [5, 5.41) is 5.04. The summed E-state index contributed by atoms with van der Waals surface area (Å²) in [4.78, 5) is 74.1. The Morgan fingerprint density at radius 2 is 1.50 bits per heavy atom. The Bertz CT molecular complexity index is 1180. The second-order valence-electron chi connectivity index (χ2n) is 11.0. The van der Waals surface area contributed by atoms with Gasteiger partial charge in [0.05, 0.1) is 70.4 Å². The number of rotatable bonds is 23. The van der Waals surface area contributed by atoms with Crippen molar-refractivity contribution in [2.24, 2.45) is 0 Å². The second kappa shape index (κ2) is 20.3. The number of amides is 4. The quantitative estimate of drug-likeness (QED) is 0.0731. The largest absolute Gasteiger partial charge is 0.483 e. The predicted molar refractivity (Wildman–Crippen MR) is 162 cm³/mol. The lowest BCUT2D eigenvalue weighted by Gasteiger charge is -2.24. The number of fused-ring (bicyclic) bond motifs is 1. The van der Waals surface area contributed by atoms with E-state index in [4.69, 9.17) is 28.4 Å². The molecular formula is C31H45N3O12. The molecule has 46 heavy (non-hydrogen) atoms. The molecule has 2 rings (SSSR count). The van der Waals surface area contributed by atoms with Crippen LogP contribution in [0.3, 0.4) is 0 Å². The van der Waals surface area contributed by atoms with Crippen molar-refractivity contribution in [3.63, 3.8) is 0 Å². The number of benzene rings is 1. The first-order valence-electron chi connectivity index (χ1n) is 15.1. The minimum atomic E-state index is -1.16. The van der Waals surface area contributed by atoms with Crippen molar-refractivity contribution in [3.05, 3.63) is 29.3 Å². The molecule has 0 bridgehead atoms. The number of carbonyl (C=O) groups excluding carboxylic acids is 6. The van der Waals surface area contributed by atoms with Crippen LogP contribution in [0, 0.1) is 0 Å². The van der Waals surface area contributed by atoms with Gasteiger partial charge in [-0.15, -0.1) is 0 Å². The Hall–Kier alpha value is -3.92. The van der Waals surface area contributed by atoms with E-state index < -0.39 is 41.9 Å². The Morgan fingerprint density at radius 3 is 2.09 bits per heavy atom. The fraction of sp³-hybridized carbons (Fsp3) is 0.613. The molecule has 256 valence electrons. The molecule has 2 N–H and O–H groups in total. The molecule has 0 aliphatic carbocycles. The highest BCUT2D eigenvalue weighted by molar-refractivity contribution is 6.24. The van der Waals surface area contributed by atoms with Gasteiger partial charge >= 0.3 is 5.97 Å². The van der Waals surface area contributed by atoms with Crippen molar-refractivity contribution in [1.29, 1.82) is 0 Å². The Kier molecular flexibility index (Phi) is 16.8. The van der Waals surface area contributed by atoms with Gasteiger partial charge in [0.2, 0.25) is 5.91 Å². The zero-order chi connectivity index (χ0) is 34.0. The van der Waals surface area contributed by atoms with Crippen molar-refractivity contribution >= 4 is 35.9 Å². The smallest absolute Gasteiger partial charge is 0.308 e. The van der Waals surface area contributed by atoms with E-state index in [1.54, 1.807) is 0 Å². The van der Waals surface area contributed by atoms with Gasteiger partial charge in [-0.2, -0.15) is 0 Å². The summed E-state index contributed by atoms with van der Waals surface area (Å²) in [6.07, 6.45) is 0.758. The van der Waals surface area contributed by atoms with E-state index in [0.29, 0.717) is 45.9 Å². The van der Waals surface area contributed by atoms with Crippen LogP contribution in [0.2, 0.25) is 0 Å². The molecule has 15 nitrogen and oxygen atoms in total. The lowest BCUT2D eigenvalue weighted by molar-refractivity contribution is -0.156. The highest BCUT2D eigenvalue weighted by atomic mass is 16.6. The van der Waals surface area contributed by atoms with Crippen LogP contribution < -0.4 is 15.4 Å². The first-order chi connectivity index (χ1) is 22.0. The van der Waals surface area contributed by atoms with Crippen molar-refractivity contribution in [1.82, 2.24) is 15.5 Å². The van der Waals surface area contributed by atoms with Crippen LogP contribution in [0.4, 0.5) is 0 Å². The lowest BCUT2D eigenvalue weighted by Crippen LogP contribution is -2.48. The first kappa shape index (κ1) is 38.3. The highest BCUT2D eigenvalue weighted by Crippen LogP contribution is 2.33. The number of carbonyl (C=O) groups is 6. The summed E-state index contributed by atoms with van der Waals surface area (Å²) < 4.78 is 32.3. The Morgan fingerprint density at radius 1 is 0.891 bits per heavy atom. The van der Waals surface area contributed by atoms with Gasteiger partial charge in [-0.25, -0.2) is 0 Å². The van der Waals surface area contributed by atoms with Crippen LogP contribution in [0.5, 0.6) is 5.75 Å². The number of likely N-dealkylation sites (N-methyl/N-ethyl adjacent to an activating group) is 1. The van der Waals surface area contributed by atoms with Crippen molar-refractivity contribution < 1.29 is 57.2 Å². The number of hydrogen-bond donors (Lipinski definition) is 2. The Labute approximate surface area is 268 Å². The molecule has 1 aliphatic rings. The number of imide groups is 1. The normalized spacial score (nSPS) is 13.3. The minimum Gasteiger partial charge on any atom is -0.483 e. The van der Waals surface area contributed by atoms with Gasteiger partial charge in [0.1, 0.15) is 23.7 Å². The molecule has 0 aromatic heterocycles. The van der Waals surface area contributed by atoms with E-state index in [9.17, 15) is 28.8 Å². The van der Waals surface area contributed by atoms with E-state index in [2.05, 4.69) is 10.6 Å². The average Bonchev–Trinajstić information content (AvgIpc) is 3.26. The predicted octanol–water partition coefficient (Wildman–Crippen LogP) is 0.670. The number of esters is 1. The zero-order valence-corrected chi connectivity index (χ0v) is 26.9. The molecule has 1 heterocycles. The van der Waals surface area contributed by atoms with Gasteiger partial charge in [-0.05, 0) is 39.3 Å². The molecule has 4 amide bonds. The number of aldehydes is 1. The second-order valence-corrected chi connectivity index (χ2v) is 11.0. The summed E-state index contributed by atoms with van der Waals surface area (Å²) in [6, 6.07) is 3.24. The lowest BCUT2D eigenvalue weighted by atomic mass is 10.1. The van der Waals surface area contributed by atoms with Crippen LogP contribution in [-0.4, -0.2) is 125 Å². The SMILES string of the molecule is CNC(=O)C(CCC=O)N1C(=O)c2cccc(OCC(=O)NCCOCCOCCOCCOCCC(=O)OC(C)(C)C)c2C1=O. The van der Waals surface area contributed by atoms with Crippen LogP contribution in [0.25, 0.3) is 0 Å².